The lowest BCUT2D eigenvalue weighted by molar-refractivity contribution is -0.130. The summed E-state index contributed by atoms with van der Waals surface area (Å²) >= 11 is 0. The summed E-state index contributed by atoms with van der Waals surface area (Å²) in [4.78, 5) is 29.4. The third-order valence-electron chi connectivity index (χ3n) is 6.04. The second-order valence-electron chi connectivity index (χ2n) is 8.45. The lowest BCUT2D eigenvalue weighted by atomic mass is 9.98. The van der Waals surface area contributed by atoms with Crippen LogP contribution in [-0.4, -0.2) is 84.7 Å². The van der Waals surface area contributed by atoms with E-state index in [0.717, 1.165) is 25.9 Å². The van der Waals surface area contributed by atoms with E-state index in [-0.39, 0.29) is 37.0 Å². The fraction of sp³-hybridized carbons (Fsp3) is 0.833. The number of rotatable bonds is 3. The van der Waals surface area contributed by atoms with Crippen molar-refractivity contribution in [3.05, 3.63) is 0 Å². The Balaban J connectivity index is 1.51. The summed E-state index contributed by atoms with van der Waals surface area (Å²) in [5, 5.41) is 12.4. The van der Waals surface area contributed by atoms with Gasteiger partial charge in [0.15, 0.2) is 0 Å². The normalized spacial score (nSPS) is 36.1. The number of nitrogens with one attached hydrogen (secondary N) is 1. The van der Waals surface area contributed by atoms with E-state index in [1.54, 1.807) is 19.0 Å². The van der Waals surface area contributed by atoms with E-state index in [1.807, 2.05) is 11.0 Å². The van der Waals surface area contributed by atoms with Crippen molar-refractivity contribution in [1.82, 2.24) is 20.0 Å². The van der Waals surface area contributed by atoms with Crippen LogP contribution < -0.4 is 5.32 Å². The van der Waals surface area contributed by atoms with Gasteiger partial charge in [-0.25, -0.2) is 9.18 Å². The molecule has 2 heterocycles. The van der Waals surface area contributed by atoms with Crippen molar-refractivity contribution < 1.29 is 14.0 Å². The Bertz CT molecular complexity index is 605. The monoisotopic (exact) mass is 365 g/mol. The second-order valence-corrected chi connectivity index (χ2v) is 8.45. The molecule has 3 aliphatic rings. The van der Waals surface area contributed by atoms with Crippen LogP contribution in [0.25, 0.3) is 0 Å². The van der Waals surface area contributed by atoms with Crippen LogP contribution >= 0.6 is 0 Å². The number of halogens is 1. The summed E-state index contributed by atoms with van der Waals surface area (Å²) in [5.41, 5.74) is -0.158. The quantitative estimate of drug-likeness (QED) is 0.803. The Morgan fingerprint density at radius 3 is 2.42 bits per heavy atom. The Morgan fingerprint density at radius 2 is 1.88 bits per heavy atom. The molecule has 1 aliphatic carbocycles. The number of likely N-dealkylation sites (tertiary alicyclic amines) is 2. The first kappa shape index (κ1) is 18.9. The topological polar surface area (TPSA) is 79.7 Å². The van der Waals surface area contributed by atoms with Gasteiger partial charge in [-0.05, 0) is 31.6 Å². The number of hydrogen-bond donors (Lipinski definition) is 1. The summed E-state index contributed by atoms with van der Waals surface area (Å²) in [6.45, 7) is 3.78. The standard InChI is InChI=1S/C18H28FN5O2/c1-18(21-8-16(25)24-11-14(19)4-15(24)7-20)5-12-9-23(10-13(12)6-18)17(26)22(2)3/h12-15,21H,4-6,8-11H2,1-3H3/t12-,13+,14?,15?,18?. The zero-order chi connectivity index (χ0) is 19.1. The summed E-state index contributed by atoms with van der Waals surface area (Å²) < 4.78 is 13.5. The minimum absolute atomic E-state index is 0.0162. The molecule has 3 fully saturated rings. The van der Waals surface area contributed by atoms with Crippen molar-refractivity contribution >= 4 is 11.9 Å². The Kier molecular flexibility index (Phi) is 5.11. The van der Waals surface area contributed by atoms with E-state index in [9.17, 15) is 14.0 Å². The Hall–Kier alpha value is -1.88. The van der Waals surface area contributed by atoms with Gasteiger partial charge in [-0.15, -0.1) is 0 Å². The highest BCUT2D eigenvalue weighted by molar-refractivity contribution is 5.79. The number of hydrogen-bond acceptors (Lipinski definition) is 4. The molecule has 0 bridgehead atoms. The number of nitriles is 1. The third kappa shape index (κ3) is 3.63. The first-order valence-corrected chi connectivity index (χ1v) is 9.27. The van der Waals surface area contributed by atoms with Gasteiger partial charge in [0, 0.05) is 39.1 Å². The molecule has 2 aliphatic heterocycles. The van der Waals surface area contributed by atoms with Gasteiger partial charge in [0.2, 0.25) is 5.91 Å². The third-order valence-corrected chi connectivity index (χ3v) is 6.04. The molecule has 3 amide bonds. The van der Waals surface area contributed by atoms with E-state index in [0.29, 0.717) is 11.8 Å². The molecule has 8 heteroatoms. The van der Waals surface area contributed by atoms with Crippen molar-refractivity contribution in [3.8, 4) is 6.07 Å². The molecule has 0 aromatic heterocycles. The summed E-state index contributed by atoms with van der Waals surface area (Å²) in [6.07, 6.45) is 0.829. The molecule has 3 rings (SSSR count). The van der Waals surface area contributed by atoms with Crippen LogP contribution in [0.2, 0.25) is 0 Å². The molecule has 0 radical (unpaired) electrons. The summed E-state index contributed by atoms with van der Waals surface area (Å²) in [6, 6.07) is 1.42. The molecule has 0 aromatic rings. The van der Waals surface area contributed by atoms with Crippen LogP contribution in [0.3, 0.4) is 0 Å². The smallest absolute Gasteiger partial charge is 0.319 e. The number of carbonyl (C=O) groups excluding carboxylic acids is 2. The molecular weight excluding hydrogens is 337 g/mol. The van der Waals surface area contributed by atoms with Crippen LogP contribution in [0.4, 0.5) is 9.18 Å². The van der Waals surface area contributed by atoms with Gasteiger partial charge in [0.25, 0.3) is 0 Å². The molecule has 5 atom stereocenters. The number of urea groups is 1. The van der Waals surface area contributed by atoms with Crippen molar-refractivity contribution in [2.45, 2.75) is 43.9 Å². The minimum Gasteiger partial charge on any atom is -0.331 e. The van der Waals surface area contributed by atoms with Crippen LogP contribution in [0.15, 0.2) is 0 Å². The zero-order valence-corrected chi connectivity index (χ0v) is 15.7. The van der Waals surface area contributed by atoms with Crippen LogP contribution in [0.5, 0.6) is 0 Å². The lowest BCUT2D eigenvalue weighted by Gasteiger charge is -2.30. The highest BCUT2D eigenvalue weighted by Gasteiger charge is 2.48. The Morgan fingerprint density at radius 1 is 1.27 bits per heavy atom. The van der Waals surface area contributed by atoms with E-state index in [4.69, 9.17) is 5.26 Å². The second kappa shape index (κ2) is 7.03. The Labute approximate surface area is 154 Å². The maximum absolute atomic E-state index is 13.5. The molecule has 2 saturated heterocycles. The zero-order valence-electron chi connectivity index (χ0n) is 15.7. The first-order chi connectivity index (χ1) is 12.2. The van der Waals surface area contributed by atoms with Gasteiger partial charge in [-0.1, -0.05) is 0 Å². The van der Waals surface area contributed by atoms with Crippen molar-refractivity contribution in [2.75, 3.05) is 40.3 Å². The number of fused-ring (bicyclic) bond motifs is 1. The minimum atomic E-state index is -1.11. The highest BCUT2D eigenvalue weighted by atomic mass is 19.1. The molecule has 1 saturated carbocycles. The van der Waals surface area contributed by atoms with Crippen molar-refractivity contribution in [1.29, 1.82) is 5.26 Å². The van der Waals surface area contributed by atoms with E-state index < -0.39 is 12.2 Å². The number of carbonyl (C=O) groups is 2. The van der Waals surface area contributed by atoms with Gasteiger partial charge in [0.1, 0.15) is 12.2 Å². The average Bonchev–Trinajstić information content (AvgIpc) is 3.22. The van der Waals surface area contributed by atoms with Crippen LogP contribution in [0.1, 0.15) is 26.2 Å². The molecular formula is C18H28FN5O2. The molecule has 144 valence electrons. The fourth-order valence-corrected chi connectivity index (χ4v) is 4.80. The van der Waals surface area contributed by atoms with Crippen LogP contribution in [0, 0.1) is 23.2 Å². The summed E-state index contributed by atoms with van der Waals surface area (Å²) in [5.74, 6) is 0.681. The van der Waals surface area contributed by atoms with Crippen molar-refractivity contribution in [3.63, 3.8) is 0 Å². The van der Waals surface area contributed by atoms with Crippen LogP contribution in [-0.2, 0) is 4.79 Å². The summed E-state index contributed by atoms with van der Waals surface area (Å²) in [7, 11) is 3.53. The molecule has 0 spiro atoms. The predicted molar refractivity (Wildman–Crippen MR) is 93.9 cm³/mol. The van der Waals surface area contributed by atoms with Gasteiger partial charge >= 0.3 is 6.03 Å². The maximum atomic E-state index is 13.5. The van der Waals surface area contributed by atoms with E-state index in [1.165, 1.54) is 4.90 Å². The molecule has 0 aromatic carbocycles. The van der Waals surface area contributed by atoms with Gasteiger partial charge < -0.3 is 20.0 Å². The van der Waals surface area contributed by atoms with Gasteiger partial charge in [-0.3, -0.25) is 4.79 Å². The number of amides is 3. The average molecular weight is 365 g/mol. The number of nitrogens with zero attached hydrogens (tertiary/aromatic N) is 4. The molecule has 3 unspecified atom stereocenters. The largest absolute Gasteiger partial charge is 0.331 e. The van der Waals surface area contributed by atoms with E-state index >= 15 is 0 Å². The fourth-order valence-electron chi connectivity index (χ4n) is 4.80. The predicted octanol–water partition coefficient (Wildman–Crippen LogP) is 0.821. The van der Waals surface area contributed by atoms with E-state index in [2.05, 4.69) is 12.2 Å². The van der Waals surface area contributed by atoms with Gasteiger partial charge in [-0.2, -0.15) is 5.26 Å². The van der Waals surface area contributed by atoms with Gasteiger partial charge in [0.05, 0.1) is 19.2 Å². The SMILES string of the molecule is CN(C)C(=O)N1C[C@@H]2CC(C)(NCC(=O)N3CC(F)CC3C#N)C[C@@H]2C1. The van der Waals surface area contributed by atoms with Crippen molar-refractivity contribution in [2.24, 2.45) is 11.8 Å². The molecule has 7 nitrogen and oxygen atoms in total. The first-order valence-electron chi connectivity index (χ1n) is 9.27. The maximum Gasteiger partial charge on any atom is 0.319 e. The lowest BCUT2D eigenvalue weighted by Crippen LogP contribution is -2.49. The molecule has 1 N–H and O–H groups in total. The number of alkyl halides is 1. The highest BCUT2D eigenvalue weighted by Crippen LogP contribution is 2.43. The molecule has 26 heavy (non-hydrogen) atoms.